The van der Waals surface area contributed by atoms with Crippen molar-refractivity contribution in [2.24, 2.45) is 59.9 Å². The highest BCUT2D eigenvalue weighted by atomic mass is 16.5. The Bertz CT molecular complexity index is 3920. The van der Waals surface area contributed by atoms with Crippen LogP contribution in [0.4, 0.5) is 69.0 Å². The molecule has 4 amide bonds. The van der Waals surface area contributed by atoms with Crippen LogP contribution in [0, 0.1) is 17.8 Å². The van der Waals surface area contributed by atoms with Crippen LogP contribution in [-0.4, -0.2) is 76.1 Å². The number of benzene rings is 4. The first kappa shape index (κ1) is 61.3. The van der Waals surface area contributed by atoms with E-state index in [1.807, 2.05) is 13.8 Å². The van der Waals surface area contributed by atoms with E-state index >= 15 is 0 Å². The number of ether oxygens (including phenoxy) is 3. The maximum absolute atomic E-state index is 14.1. The number of esters is 3. The van der Waals surface area contributed by atoms with E-state index < -0.39 is 47.5 Å². The second kappa shape index (κ2) is 28.1. The van der Waals surface area contributed by atoms with Crippen molar-refractivity contribution in [1.82, 2.24) is 20.3 Å². The van der Waals surface area contributed by atoms with E-state index in [4.69, 9.17) is 42.9 Å². The molecule has 7 aromatic rings. The fraction of sp³-hybridized carbons (Fsp3) is 0.233. The van der Waals surface area contributed by atoms with Gasteiger partial charge in [-0.25, -0.2) is 15.0 Å². The van der Waals surface area contributed by atoms with Gasteiger partial charge in [-0.15, -0.1) is 30.7 Å². The molecule has 2 saturated carbocycles. The molecular formula is C60H60N18O10. The highest BCUT2D eigenvalue weighted by Crippen LogP contribution is 2.52. The van der Waals surface area contributed by atoms with Crippen molar-refractivity contribution in [2.45, 2.75) is 51.4 Å². The van der Waals surface area contributed by atoms with Crippen molar-refractivity contribution >= 4 is 111 Å². The number of amides is 4. The van der Waals surface area contributed by atoms with Crippen molar-refractivity contribution in [3.8, 4) is 17.2 Å². The molecule has 3 heterocycles. The number of nitrogen functional groups attached to an aromatic ring is 3. The van der Waals surface area contributed by atoms with Gasteiger partial charge in [0, 0.05) is 24.9 Å². The van der Waals surface area contributed by atoms with Gasteiger partial charge in [0.1, 0.15) is 51.6 Å². The molecule has 2 aliphatic rings. The van der Waals surface area contributed by atoms with Crippen LogP contribution in [0.25, 0.3) is 0 Å². The molecule has 2 fully saturated rings. The first-order valence-electron chi connectivity index (χ1n) is 27.6. The van der Waals surface area contributed by atoms with Crippen LogP contribution < -0.4 is 64.1 Å². The summed E-state index contributed by atoms with van der Waals surface area (Å²) < 4.78 is 17.6. The number of hydrogen-bond acceptors (Lipinski definition) is 24. The number of carbonyl (C=O) groups is 7. The minimum atomic E-state index is -0.644. The number of nitrogens with zero attached hydrogens (tertiary/aromatic N) is 9. The number of carbonyl (C=O) groups excluding carboxylic acids is 7. The average Bonchev–Trinajstić information content (AvgIpc) is 2.42. The Morgan fingerprint density at radius 2 is 0.955 bits per heavy atom. The summed E-state index contributed by atoms with van der Waals surface area (Å²) in [7, 11) is 0. The van der Waals surface area contributed by atoms with Crippen LogP contribution in [-0.2, 0) is 28.8 Å². The normalized spacial score (nSPS) is 15.8. The van der Waals surface area contributed by atoms with Gasteiger partial charge in [-0.3, -0.25) is 33.6 Å². The third-order valence-electron chi connectivity index (χ3n) is 13.4. The molecule has 3 aromatic heterocycles. The second-order valence-electron chi connectivity index (χ2n) is 20.6. The summed E-state index contributed by atoms with van der Waals surface area (Å²) in [5.41, 5.74) is 32.0. The van der Waals surface area contributed by atoms with Gasteiger partial charge in [0.25, 0.3) is 5.91 Å². The number of hydrogen-bond donors (Lipinski definition) is 9. The predicted molar refractivity (Wildman–Crippen MR) is 323 cm³/mol. The molecule has 0 saturated heterocycles. The van der Waals surface area contributed by atoms with Crippen molar-refractivity contribution < 1.29 is 47.8 Å². The zero-order valence-electron chi connectivity index (χ0n) is 47.5. The molecule has 0 aliphatic heterocycles. The van der Waals surface area contributed by atoms with E-state index in [1.165, 1.54) is 36.4 Å². The van der Waals surface area contributed by atoms with E-state index in [1.54, 1.807) is 91.0 Å². The first-order valence-corrected chi connectivity index (χ1v) is 27.6. The van der Waals surface area contributed by atoms with Crippen molar-refractivity contribution in [3.05, 3.63) is 144 Å². The lowest BCUT2D eigenvalue weighted by Gasteiger charge is -2.11. The van der Waals surface area contributed by atoms with Crippen LogP contribution in [0.2, 0.25) is 0 Å². The molecule has 9 rings (SSSR count). The van der Waals surface area contributed by atoms with Gasteiger partial charge >= 0.3 is 17.9 Å². The maximum atomic E-state index is 14.1. The van der Waals surface area contributed by atoms with Crippen LogP contribution in [0.5, 0.6) is 17.2 Å². The lowest BCUT2D eigenvalue weighted by molar-refractivity contribution is -0.136. The molecular weight excluding hydrogens is 1130 g/mol. The first-order chi connectivity index (χ1) is 42.4. The van der Waals surface area contributed by atoms with Gasteiger partial charge in [0.2, 0.25) is 17.7 Å². The monoisotopic (exact) mass is 1190 g/mol. The summed E-state index contributed by atoms with van der Waals surface area (Å²) in [6.45, 7) is 3.31. The molecule has 0 radical (unpaired) electrons. The maximum Gasteiger partial charge on any atom is 0.315 e. The van der Waals surface area contributed by atoms with Gasteiger partial charge in [-0.05, 0) is 127 Å². The zero-order chi connectivity index (χ0) is 62.4. The van der Waals surface area contributed by atoms with Gasteiger partial charge in [0.05, 0.1) is 24.9 Å². The Kier molecular flexibility index (Phi) is 19.6. The number of pyridine rings is 3. The summed E-state index contributed by atoms with van der Waals surface area (Å²) in [4.78, 5) is 102. The molecule has 0 spiro atoms. The highest BCUT2D eigenvalue weighted by Gasteiger charge is 2.47. The Labute approximate surface area is 502 Å². The number of azo groups is 3. The third-order valence-corrected chi connectivity index (χ3v) is 13.4. The van der Waals surface area contributed by atoms with Crippen molar-refractivity contribution in [3.63, 3.8) is 0 Å². The molecule has 4 unspecified atom stereocenters. The van der Waals surface area contributed by atoms with E-state index in [-0.39, 0.29) is 142 Å². The summed E-state index contributed by atoms with van der Waals surface area (Å²) >= 11 is 0. The zero-order valence-corrected chi connectivity index (χ0v) is 47.5. The Morgan fingerprint density at radius 3 is 1.44 bits per heavy atom. The molecule has 28 nitrogen and oxygen atoms in total. The van der Waals surface area contributed by atoms with E-state index in [0.29, 0.717) is 29.5 Å². The Balaban J connectivity index is 0.923. The number of rotatable bonds is 24. The van der Waals surface area contributed by atoms with Gasteiger partial charge in [-0.1, -0.05) is 56.3 Å². The lowest BCUT2D eigenvalue weighted by atomic mass is 10.1. The highest BCUT2D eigenvalue weighted by molar-refractivity contribution is 5.99. The third kappa shape index (κ3) is 16.3. The average molecular weight is 1190 g/mol. The van der Waals surface area contributed by atoms with Crippen LogP contribution in [0.15, 0.2) is 158 Å². The van der Waals surface area contributed by atoms with Gasteiger partial charge in [0.15, 0.2) is 34.7 Å². The van der Waals surface area contributed by atoms with Crippen molar-refractivity contribution in [1.29, 1.82) is 0 Å². The Hall–Kier alpha value is -11.3. The number of nitrogens with one attached hydrogen (secondary N) is 4. The lowest BCUT2D eigenvalue weighted by Crippen LogP contribution is -2.33. The van der Waals surface area contributed by atoms with Gasteiger partial charge < -0.3 is 64.1 Å². The molecule has 4 aromatic carbocycles. The molecule has 88 heavy (non-hydrogen) atoms. The minimum Gasteiger partial charge on any atom is -0.424 e. The molecule has 28 heteroatoms. The Morgan fingerprint density at radius 1 is 0.511 bits per heavy atom. The number of anilines is 6. The fourth-order valence-corrected chi connectivity index (χ4v) is 8.76. The van der Waals surface area contributed by atoms with E-state index in [9.17, 15) is 33.6 Å². The van der Waals surface area contributed by atoms with Crippen LogP contribution in [0.3, 0.4) is 0 Å². The van der Waals surface area contributed by atoms with Crippen molar-refractivity contribution in [2.75, 3.05) is 52.8 Å². The van der Waals surface area contributed by atoms with Gasteiger partial charge in [-0.2, -0.15) is 0 Å². The number of aromatic nitrogens is 3. The van der Waals surface area contributed by atoms with E-state index in [0.717, 1.165) is 0 Å². The smallest absolute Gasteiger partial charge is 0.315 e. The minimum absolute atomic E-state index is 0.00605. The topological polar surface area (TPSA) is 438 Å². The standard InChI is InChI=1S/C60H60N18O10/c1-31(2)24-54(82)86-46-17-12-33(25-43(46)77-75-41-15-20-49(71-56(41)64)68-52(80)29-62)35-28-38(35)60(85)88-47-18-13-34(26-44(47)78-76-42-16-21-50(72-57(42)65)69-53(81)30-66-58(83)32-8-4-3-5-9-32)36-27-37(36)59(84)87-45-11-7-6-10-39(45)73-74-40-14-19-48(70-55(40)63)67-51(79)22-23-61/h3-21,25-26,31,35-38H,22-24,27-30,61-62H2,1-2H3,(H,66,83)(H3,63,67,70,79)(H3,64,68,71,80)(H3,65,69,72,81). The quantitative estimate of drug-likeness (QED) is 0.0155. The molecule has 4 atom stereocenters. The summed E-state index contributed by atoms with van der Waals surface area (Å²) in [5.74, 6) is -4.88. The van der Waals surface area contributed by atoms with Crippen LogP contribution >= 0.6 is 0 Å². The summed E-state index contributed by atoms with van der Waals surface area (Å²) in [6, 6.07) is 33.6. The molecule has 450 valence electrons. The SMILES string of the molecule is CC(C)CC(=O)Oc1ccc(C2CC2C(=O)Oc2ccc(C3CC3C(=O)Oc3ccccc3N=Nc3ccc(NC(=O)CCN)nc3N)cc2N=Nc2ccc(NC(=O)CNC(=O)c3ccccc3)nc2N)cc1N=Nc1ccc(NC(=O)CN)nc1N. The summed E-state index contributed by atoms with van der Waals surface area (Å²) in [5, 5.41) is 36.2. The fourth-order valence-electron chi connectivity index (χ4n) is 8.76. The number of para-hydroxylation sites is 1. The second-order valence-corrected chi connectivity index (χ2v) is 20.6. The predicted octanol–water partition coefficient (Wildman–Crippen LogP) is 8.79. The van der Waals surface area contributed by atoms with Crippen LogP contribution in [0.1, 0.15) is 72.9 Å². The molecule has 2 aliphatic carbocycles. The summed E-state index contributed by atoms with van der Waals surface area (Å²) in [6.07, 6.45) is 0.999. The number of nitrogens with two attached hydrogens (primary N) is 5. The molecule has 0 bridgehead atoms. The largest absolute Gasteiger partial charge is 0.424 e. The molecule has 14 N–H and O–H groups in total. The van der Waals surface area contributed by atoms with E-state index in [2.05, 4.69) is 66.9 Å².